The van der Waals surface area contributed by atoms with Crippen LogP contribution in [0.3, 0.4) is 0 Å². The molecule has 14 heteroatoms. The summed E-state index contributed by atoms with van der Waals surface area (Å²) >= 11 is 0. The van der Waals surface area contributed by atoms with Crippen molar-refractivity contribution >= 4 is 35.8 Å². The second-order valence-electron chi connectivity index (χ2n) is 10.1. The largest absolute Gasteiger partial charge is 0.467 e. The van der Waals surface area contributed by atoms with Crippen LogP contribution < -0.4 is 0 Å². The Balaban J connectivity index is 3.79. The molecule has 0 aromatic carbocycles. The molecule has 1 aliphatic heterocycles. The summed E-state index contributed by atoms with van der Waals surface area (Å²) in [5, 5.41) is 11.4. The summed E-state index contributed by atoms with van der Waals surface area (Å²) in [6.07, 6.45) is -5.62. The lowest BCUT2D eigenvalue weighted by atomic mass is 9.80. The van der Waals surface area contributed by atoms with E-state index in [1.54, 1.807) is 0 Å². The van der Waals surface area contributed by atoms with Crippen molar-refractivity contribution < 1.29 is 67.0 Å². The topological polar surface area (TPSA) is 187 Å². The zero-order valence-corrected chi connectivity index (χ0v) is 25.4. The summed E-state index contributed by atoms with van der Waals surface area (Å²) in [7, 11) is 1.07. The van der Waals surface area contributed by atoms with Gasteiger partial charge in [-0.3, -0.25) is 24.0 Å². The van der Waals surface area contributed by atoms with Crippen LogP contribution in [0.15, 0.2) is 0 Å². The molecule has 1 aliphatic rings. The SMILES string of the molecule is CCCCCCCC(O)[C@]1(C(=O)OC)C[C@H](OC(C)=O)[C@@H](OC(C)=O)[C@H]([C@H](OC(C)=O)[C@@H](COC(C)=O)OC(C)=O)O1. The zero-order valence-electron chi connectivity index (χ0n) is 25.4. The van der Waals surface area contributed by atoms with Crippen molar-refractivity contribution in [2.75, 3.05) is 13.7 Å². The van der Waals surface area contributed by atoms with Crippen LogP contribution in [0.1, 0.15) is 86.5 Å². The number of ether oxygens (including phenoxy) is 7. The van der Waals surface area contributed by atoms with Gasteiger partial charge in [0.1, 0.15) is 18.8 Å². The van der Waals surface area contributed by atoms with Crippen LogP contribution in [0.2, 0.25) is 0 Å². The van der Waals surface area contributed by atoms with E-state index in [-0.39, 0.29) is 6.42 Å². The highest BCUT2D eigenvalue weighted by molar-refractivity contribution is 5.81. The molecule has 0 bridgehead atoms. The van der Waals surface area contributed by atoms with E-state index < -0.39 is 91.1 Å². The molecule has 1 rings (SSSR count). The van der Waals surface area contributed by atoms with Crippen LogP contribution in [0.4, 0.5) is 0 Å². The van der Waals surface area contributed by atoms with Gasteiger partial charge in [0.05, 0.1) is 13.2 Å². The van der Waals surface area contributed by atoms with E-state index in [0.29, 0.717) is 6.42 Å². The Kier molecular flexibility index (Phi) is 15.4. The van der Waals surface area contributed by atoms with Crippen LogP contribution in [-0.4, -0.2) is 96.9 Å². The summed E-state index contributed by atoms with van der Waals surface area (Å²) in [4.78, 5) is 73.6. The summed E-state index contributed by atoms with van der Waals surface area (Å²) in [5.74, 6) is -5.20. The number of hydrogen-bond acceptors (Lipinski definition) is 14. The first kappa shape index (κ1) is 36.8. The van der Waals surface area contributed by atoms with Crippen molar-refractivity contribution in [2.24, 2.45) is 0 Å². The fraction of sp³-hybridized carbons (Fsp3) is 0.786. The lowest BCUT2D eigenvalue weighted by molar-refractivity contribution is -0.282. The van der Waals surface area contributed by atoms with Gasteiger partial charge in [-0.15, -0.1) is 0 Å². The first-order valence-corrected chi connectivity index (χ1v) is 13.9. The number of hydrogen-bond donors (Lipinski definition) is 1. The predicted octanol–water partition coefficient (Wildman–Crippen LogP) is 1.70. The Morgan fingerprint density at radius 3 is 1.93 bits per heavy atom. The molecular formula is C28H44O14. The van der Waals surface area contributed by atoms with Gasteiger partial charge in [0, 0.05) is 41.0 Å². The minimum atomic E-state index is -2.19. The molecule has 0 aliphatic carbocycles. The van der Waals surface area contributed by atoms with Gasteiger partial charge in [-0.2, -0.15) is 0 Å². The number of carbonyl (C=O) groups is 6. The molecule has 0 saturated carbocycles. The van der Waals surface area contributed by atoms with Gasteiger partial charge in [0.25, 0.3) is 0 Å². The van der Waals surface area contributed by atoms with Crippen LogP contribution in [-0.2, 0) is 61.9 Å². The molecule has 0 aromatic rings. The normalized spacial score (nSPS) is 23.9. The van der Waals surface area contributed by atoms with Crippen molar-refractivity contribution in [1.29, 1.82) is 0 Å². The van der Waals surface area contributed by atoms with E-state index in [9.17, 15) is 33.9 Å². The van der Waals surface area contributed by atoms with Crippen LogP contribution in [0, 0.1) is 0 Å². The van der Waals surface area contributed by atoms with Gasteiger partial charge >= 0.3 is 35.8 Å². The fourth-order valence-electron chi connectivity index (χ4n) is 4.88. The maximum absolute atomic E-state index is 13.4. The Hall–Kier alpha value is -3.26. The molecule has 1 unspecified atom stereocenters. The Morgan fingerprint density at radius 2 is 1.43 bits per heavy atom. The minimum absolute atomic E-state index is 0.0790. The first-order valence-electron chi connectivity index (χ1n) is 13.9. The van der Waals surface area contributed by atoms with Crippen molar-refractivity contribution in [3.63, 3.8) is 0 Å². The molecule has 0 aromatic heterocycles. The first-order chi connectivity index (χ1) is 19.7. The van der Waals surface area contributed by atoms with Gasteiger partial charge in [0.15, 0.2) is 23.9 Å². The van der Waals surface area contributed by atoms with E-state index >= 15 is 0 Å². The van der Waals surface area contributed by atoms with Crippen molar-refractivity contribution in [1.82, 2.24) is 0 Å². The molecule has 42 heavy (non-hydrogen) atoms. The maximum atomic E-state index is 13.4. The van der Waals surface area contributed by atoms with Crippen molar-refractivity contribution in [3.05, 3.63) is 0 Å². The highest BCUT2D eigenvalue weighted by Gasteiger charge is 2.61. The fourth-order valence-corrected chi connectivity index (χ4v) is 4.88. The van der Waals surface area contributed by atoms with Gasteiger partial charge in [-0.1, -0.05) is 39.0 Å². The lowest BCUT2D eigenvalue weighted by Crippen LogP contribution is -2.68. The third-order valence-corrected chi connectivity index (χ3v) is 6.57. The zero-order chi connectivity index (χ0) is 32.0. The second kappa shape index (κ2) is 17.6. The van der Waals surface area contributed by atoms with Gasteiger partial charge in [-0.25, -0.2) is 4.79 Å². The van der Waals surface area contributed by atoms with E-state index in [1.807, 2.05) is 0 Å². The van der Waals surface area contributed by atoms with Gasteiger partial charge in [-0.05, 0) is 6.42 Å². The third kappa shape index (κ3) is 11.2. The second-order valence-corrected chi connectivity index (χ2v) is 10.1. The highest BCUT2D eigenvalue weighted by atomic mass is 16.7. The van der Waals surface area contributed by atoms with E-state index in [4.69, 9.17) is 33.2 Å². The van der Waals surface area contributed by atoms with Crippen molar-refractivity contribution in [3.8, 4) is 0 Å². The molecular weight excluding hydrogens is 560 g/mol. The summed E-state index contributed by atoms with van der Waals surface area (Å²) in [6.45, 7) is 6.78. The molecule has 0 spiro atoms. The highest BCUT2D eigenvalue weighted by Crippen LogP contribution is 2.40. The molecule has 1 fully saturated rings. The quantitative estimate of drug-likeness (QED) is 0.152. The summed E-state index contributed by atoms with van der Waals surface area (Å²) < 4.78 is 37.9. The van der Waals surface area contributed by atoms with Crippen molar-refractivity contribution in [2.45, 2.75) is 129 Å². The number of aliphatic hydroxyl groups is 1. The van der Waals surface area contributed by atoms with Crippen LogP contribution in [0.5, 0.6) is 0 Å². The minimum Gasteiger partial charge on any atom is -0.467 e. The van der Waals surface area contributed by atoms with Crippen LogP contribution >= 0.6 is 0 Å². The van der Waals surface area contributed by atoms with Gasteiger partial charge in [0.2, 0.25) is 0 Å². The summed E-state index contributed by atoms with van der Waals surface area (Å²) in [5.41, 5.74) is -2.19. The molecule has 0 amide bonds. The average molecular weight is 605 g/mol. The molecule has 1 N–H and O–H groups in total. The molecule has 14 nitrogen and oxygen atoms in total. The number of rotatable bonds is 16. The molecule has 240 valence electrons. The standard InChI is InChI=1S/C28H44O14/c1-8-9-10-11-12-13-23(34)28(27(35)36-7)14-21(38-17(3)30)24(40-19(5)32)26(42-28)25(41-20(6)33)22(39-18(4)31)15-37-16(2)29/h21-26,34H,8-15H2,1-7H3/t21-,22+,23?,24+,25+,26+,28-/m0/s1. The number of esters is 6. The number of methoxy groups -OCH3 is 1. The average Bonchev–Trinajstić information content (AvgIpc) is 2.89. The molecule has 1 heterocycles. The van der Waals surface area contributed by atoms with Gasteiger partial charge < -0.3 is 38.3 Å². The monoisotopic (exact) mass is 604 g/mol. The van der Waals surface area contributed by atoms with E-state index in [1.165, 1.54) is 0 Å². The number of carbonyl (C=O) groups excluding carboxylic acids is 6. The Bertz CT molecular complexity index is 949. The van der Waals surface area contributed by atoms with Crippen LogP contribution in [0.25, 0.3) is 0 Å². The number of unbranched alkanes of at least 4 members (excludes halogenated alkanes) is 4. The summed E-state index contributed by atoms with van der Waals surface area (Å²) in [6, 6.07) is 0. The lowest BCUT2D eigenvalue weighted by Gasteiger charge is -2.49. The third-order valence-electron chi connectivity index (χ3n) is 6.57. The van der Waals surface area contributed by atoms with E-state index in [2.05, 4.69) is 6.92 Å². The smallest absolute Gasteiger partial charge is 0.341 e. The number of aliphatic hydroxyl groups excluding tert-OH is 1. The molecule has 7 atom stereocenters. The molecule has 0 radical (unpaired) electrons. The molecule has 1 saturated heterocycles. The predicted molar refractivity (Wildman–Crippen MR) is 142 cm³/mol. The van der Waals surface area contributed by atoms with E-state index in [0.717, 1.165) is 67.4 Å². The maximum Gasteiger partial charge on any atom is 0.341 e. The Morgan fingerprint density at radius 1 is 0.833 bits per heavy atom. The Labute approximate surface area is 245 Å².